The fraction of sp³-hybridized carbons (Fsp3) is 0.400. The van der Waals surface area contributed by atoms with Gasteiger partial charge in [-0.1, -0.05) is 13.8 Å². The van der Waals surface area contributed by atoms with Crippen LogP contribution in [-0.2, 0) is 30.7 Å². The van der Waals surface area contributed by atoms with Crippen molar-refractivity contribution < 1.29 is 54.7 Å². The molecule has 6 heteroatoms. The minimum Gasteiger partial charge on any atom is -1.00 e. The number of ketones is 2. The predicted octanol–water partition coefficient (Wildman–Crippen LogP) is -3.21. The molecule has 0 aromatic carbocycles. The Kier molecular flexibility index (Phi) is 22.1. The number of rotatable bonds is 2. The van der Waals surface area contributed by atoms with Crippen LogP contribution in [-0.4, -0.2) is 11.6 Å². The first-order chi connectivity index (χ1) is 6.25. The summed E-state index contributed by atoms with van der Waals surface area (Å²) in [5.41, 5.74) is 0. The Bertz CT molecular complexity index is 241. The molecule has 0 radical (unpaired) electrons. The van der Waals surface area contributed by atoms with Crippen LogP contribution >= 0.6 is 0 Å². The van der Waals surface area contributed by atoms with E-state index in [1.165, 1.54) is 27.7 Å². The Balaban J connectivity index is -0.0000000480. The Morgan fingerprint density at radius 2 is 1.06 bits per heavy atom. The Labute approximate surface area is 118 Å². The van der Waals surface area contributed by atoms with Crippen molar-refractivity contribution in [3.63, 3.8) is 0 Å². The molecule has 96 valence electrons. The number of carbonyl (C=O) groups excluding carboxylic acids is 2. The SMILES string of the molecule is CC(=O)/C=C(/C)[O-].CC(=O)/C=C(\C)[O-].[Cl-].[H+].[Pt+2]. The van der Waals surface area contributed by atoms with Crippen LogP contribution in [0.4, 0.5) is 0 Å². The van der Waals surface area contributed by atoms with Crippen LogP contribution in [0, 0.1) is 0 Å². The van der Waals surface area contributed by atoms with Gasteiger partial charge in [-0.05, 0) is 26.0 Å². The van der Waals surface area contributed by atoms with Gasteiger partial charge in [0.2, 0.25) is 0 Å². The quantitative estimate of drug-likeness (QED) is 0.342. The molecule has 4 nitrogen and oxygen atoms in total. The third-order valence-corrected chi connectivity index (χ3v) is 0.813. The Hall–Kier alpha value is -0.602. The maximum absolute atomic E-state index is 9.98. The Morgan fingerprint density at radius 3 is 1.06 bits per heavy atom. The third-order valence-electron chi connectivity index (χ3n) is 0.813. The van der Waals surface area contributed by atoms with Crippen LogP contribution in [0.1, 0.15) is 29.1 Å². The van der Waals surface area contributed by atoms with Gasteiger partial charge in [-0.25, -0.2) is 0 Å². The summed E-state index contributed by atoms with van der Waals surface area (Å²) in [6.07, 6.45) is 2.11. The van der Waals surface area contributed by atoms with E-state index in [0.717, 1.165) is 12.2 Å². The zero-order valence-corrected chi connectivity index (χ0v) is 12.5. The van der Waals surface area contributed by atoms with Gasteiger partial charge in [-0.3, -0.25) is 9.59 Å². The molecule has 0 aliphatic heterocycles. The summed E-state index contributed by atoms with van der Waals surface area (Å²) in [6.45, 7) is 5.39. The molecule has 0 aromatic rings. The molecule has 0 saturated heterocycles. The minimum absolute atomic E-state index is 0. The van der Waals surface area contributed by atoms with Crippen LogP contribution in [0.5, 0.6) is 0 Å². The first-order valence-electron chi connectivity index (χ1n) is 3.97. The number of carbonyl (C=O) groups is 2. The molecule has 0 bridgehead atoms. The number of hydrogen-bond acceptors (Lipinski definition) is 4. The molecular formula is C10H15ClO4Pt. The summed E-state index contributed by atoms with van der Waals surface area (Å²) in [5.74, 6) is -0.750. The average molecular weight is 430 g/mol. The molecule has 0 aromatic heterocycles. The molecule has 0 fully saturated rings. The third kappa shape index (κ3) is 37.6. The van der Waals surface area contributed by atoms with Crippen molar-refractivity contribution in [1.82, 2.24) is 0 Å². The van der Waals surface area contributed by atoms with E-state index in [0.29, 0.717) is 0 Å². The first kappa shape index (κ1) is 24.6. The molecule has 0 amide bonds. The van der Waals surface area contributed by atoms with E-state index in [9.17, 15) is 19.8 Å². The van der Waals surface area contributed by atoms with Gasteiger partial charge in [0.05, 0.1) is 0 Å². The van der Waals surface area contributed by atoms with Gasteiger partial charge >= 0.3 is 22.5 Å². The Morgan fingerprint density at radius 1 is 0.875 bits per heavy atom. The summed E-state index contributed by atoms with van der Waals surface area (Å²) in [5, 5.41) is 20.0. The average Bonchev–Trinajstić information content (AvgIpc) is 1.79. The standard InChI is InChI=1S/2C5H8O2.ClH.Pt/c2*1-4(6)3-5(2)7;;/h2*3,6H,1-2H3;1H;/q;;;+2/p-2/b4-3+;4-3-;;. The number of allylic oxidation sites excluding steroid dienone is 4. The molecule has 0 N–H and O–H groups in total. The van der Waals surface area contributed by atoms with Gasteiger partial charge in [-0.15, -0.1) is 11.5 Å². The number of hydrogen-bond donors (Lipinski definition) is 0. The second-order valence-corrected chi connectivity index (χ2v) is 2.73. The number of halogens is 1. The van der Waals surface area contributed by atoms with Crippen molar-refractivity contribution in [3.05, 3.63) is 23.7 Å². The van der Waals surface area contributed by atoms with E-state index < -0.39 is 0 Å². The van der Waals surface area contributed by atoms with Crippen molar-refractivity contribution >= 4 is 11.6 Å². The van der Waals surface area contributed by atoms with Crippen LogP contribution in [0.15, 0.2) is 23.7 Å². The van der Waals surface area contributed by atoms with Gasteiger partial charge in [0, 0.05) is 0 Å². The maximum atomic E-state index is 9.98. The maximum Gasteiger partial charge on any atom is 2.00 e. The van der Waals surface area contributed by atoms with Gasteiger partial charge in [0.25, 0.3) is 0 Å². The molecule has 0 aliphatic carbocycles. The van der Waals surface area contributed by atoms with E-state index in [1.807, 2.05) is 0 Å². The van der Waals surface area contributed by atoms with Gasteiger partial charge in [-0.2, -0.15) is 0 Å². The second kappa shape index (κ2) is 14.4. The van der Waals surface area contributed by atoms with Crippen LogP contribution in [0.25, 0.3) is 0 Å². The fourth-order valence-corrected chi connectivity index (χ4v) is 0.572. The van der Waals surface area contributed by atoms with Crippen LogP contribution < -0.4 is 22.6 Å². The normalized spacial score (nSPS) is 10.0. The summed E-state index contributed by atoms with van der Waals surface area (Å²) in [4.78, 5) is 20.0. The molecule has 0 atom stereocenters. The van der Waals surface area contributed by atoms with Crippen molar-refractivity contribution in [2.45, 2.75) is 27.7 Å². The summed E-state index contributed by atoms with van der Waals surface area (Å²) < 4.78 is 0. The summed E-state index contributed by atoms with van der Waals surface area (Å²) in [6, 6.07) is 0. The van der Waals surface area contributed by atoms with Crippen molar-refractivity contribution in [2.75, 3.05) is 0 Å². The van der Waals surface area contributed by atoms with Gasteiger partial charge in [0.15, 0.2) is 11.6 Å². The topological polar surface area (TPSA) is 80.3 Å². The largest absolute Gasteiger partial charge is 2.00 e. The monoisotopic (exact) mass is 429 g/mol. The van der Waals surface area contributed by atoms with Crippen molar-refractivity contribution in [2.24, 2.45) is 0 Å². The zero-order valence-electron chi connectivity index (χ0n) is 10.5. The van der Waals surface area contributed by atoms with Gasteiger partial charge < -0.3 is 22.6 Å². The molecule has 0 spiro atoms. The van der Waals surface area contributed by atoms with E-state index >= 15 is 0 Å². The van der Waals surface area contributed by atoms with Crippen LogP contribution in [0.3, 0.4) is 0 Å². The van der Waals surface area contributed by atoms with E-state index in [-0.39, 0.29) is 58.0 Å². The zero-order chi connectivity index (χ0) is 11.7. The molecule has 16 heavy (non-hydrogen) atoms. The van der Waals surface area contributed by atoms with E-state index in [1.54, 1.807) is 0 Å². The van der Waals surface area contributed by atoms with Crippen molar-refractivity contribution in [3.8, 4) is 0 Å². The second-order valence-electron chi connectivity index (χ2n) is 2.73. The minimum atomic E-state index is -0.187. The molecule has 0 aliphatic rings. The molecule has 0 heterocycles. The fourth-order valence-electron chi connectivity index (χ4n) is 0.572. The van der Waals surface area contributed by atoms with Crippen LogP contribution in [0.2, 0.25) is 0 Å². The van der Waals surface area contributed by atoms with Crippen molar-refractivity contribution in [1.29, 1.82) is 0 Å². The van der Waals surface area contributed by atoms with Gasteiger partial charge in [0.1, 0.15) is 0 Å². The summed E-state index contributed by atoms with van der Waals surface area (Å²) >= 11 is 0. The van der Waals surface area contributed by atoms with E-state index in [4.69, 9.17) is 0 Å². The summed E-state index contributed by atoms with van der Waals surface area (Å²) in [7, 11) is 0. The van der Waals surface area contributed by atoms with E-state index in [2.05, 4.69) is 0 Å². The smallest absolute Gasteiger partial charge is 1.00 e. The predicted molar refractivity (Wildman–Crippen MR) is 50.0 cm³/mol. The molecule has 0 rings (SSSR count). The molecule has 0 unspecified atom stereocenters. The molecule has 0 saturated carbocycles. The first-order valence-corrected chi connectivity index (χ1v) is 3.97. The molecular weight excluding hydrogens is 415 g/mol.